The van der Waals surface area contributed by atoms with Crippen molar-refractivity contribution < 1.29 is 4.39 Å². The molecule has 1 aromatic rings. The van der Waals surface area contributed by atoms with Gasteiger partial charge in [-0.25, -0.2) is 4.39 Å². The van der Waals surface area contributed by atoms with E-state index in [2.05, 4.69) is 24.8 Å². The average molecular weight is 269 g/mol. The van der Waals surface area contributed by atoms with Crippen LogP contribution in [0.15, 0.2) is 18.2 Å². The van der Waals surface area contributed by atoms with Gasteiger partial charge in [0.25, 0.3) is 0 Å². The standard InChI is InChI=1S/C14H18ClFN2/c1-11(2)9-18(8-4-7-17)10-12-5-3-6-13(15)14(12)16/h3,5-6,11H,4,8-10H2,1-2H3. The van der Waals surface area contributed by atoms with E-state index in [9.17, 15) is 4.39 Å². The number of nitrogens with zero attached hydrogens (tertiary/aromatic N) is 2. The fraction of sp³-hybridized carbons (Fsp3) is 0.500. The molecule has 0 aliphatic rings. The molecule has 98 valence electrons. The summed E-state index contributed by atoms with van der Waals surface area (Å²) in [6.07, 6.45) is 0.453. The lowest BCUT2D eigenvalue weighted by atomic mass is 10.1. The van der Waals surface area contributed by atoms with Gasteiger partial charge >= 0.3 is 0 Å². The summed E-state index contributed by atoms with van der Waals surface area (Å²) < 4.78 is 13.8. The molecule has 0 saturated heterocycles. The topological polar surface area (TPSA) is 27.0 Å². The fourth-order valence-corrected chi connectivity index (χ4v) is 2.06. The van der Waals surface area contributed by atoms with Crippen molar-refractivity contribution >= 4 is 11.6 Å². The molecule has 0 saturated carbocycles. The van der Waals surface area contributed by atoms with Crippen molar-refractivity contribution in [3.63, 3.8) is 0 Å². The molecule has 0 N–H and O–H groups in total. The Morgan fingerprint density at radius 2 is 2.17 bits per heavy atom. The smallest absolute Gasteiger partial charge is 0.146 e. The minimum atomic E-state index is -0.357. The molecule has 0 aliphatic carbocycles. The molecule has 0 atom stereocenters. The van der Waals surface area contributed by atoms with Crippen LogP contribution in [0.1, 0.15) is 25.8 Å². The number of benzene rings is 1. The van der Waals surface area contributed by atoms with Crippen molar-refractivity contribution in [2.24, 2.45) is 5.92 Å². The zero-order valence-electron chi connectivity index (χ0n) is 10.8. The summed E-state index contributed by atoms with van der Waals surface area (Å²) in [6.45, 7) is 6.20. The average Bonchev–Trinajstić information content (AvgIpc) is 2.31. The lowest BCUT2D eigenvalue weighted by Gasteiger charge is -2.23. The van der Waals surface area contributed by atoms with Crippen molar-refractivity contribution in [3.8, 4) is 6.07 Å². The molecule has 0 bridgehead atoms. The van der Waals surface area contributed by atoms with Crippen molar-refractivity contribution in [2.45, 2.75) is 26.8 Å². The molecule has 0 aliphatic heterocycles. The largest absolute Gasteiger partial charge is 0.298 e. The van der Waals surface area contributed by atoms with Crippen LogP contribution in [-0.2, 0) is 6.54 Å². The molecule has 0 aromatic heterocycles. The van der Waals surface area contributed by atoms with Crippen LogP contribution in [0.4, 0.5) is 4.39 Å². The van der Waals surface area contributed by atoms with E-state index in [1.807, 2.05) is 0 Å². The molecule has 18 heavy (non-hydrogen) atoms. The van der Waals surface area contributed by atoms with Crippen LogP contribution in [0.2, 0.25) is 5.02 Å². The Balaban J connectivity index is 2.75. The van der Waals surface area contributed by atoms with Crippen molar-refractivity contribution in [2.75, 3.05) is 13.1 Å². The van der Waals surface area contributed by atoms with Crippen LogP contribution >= 0.6 is 11.6 Å². The normalized spacial score (nSPS) is 10.9. The van der Waals surface area contributed by atoms with Crippen molar-refractivity contribution in [3.05, 3.63) is 34.6 Å². The maximum Gasteiger partial charge on any atom is 0.146 e. The predicted octanol–water partition coefficient (Wildman–Crippen LogP) is 3.85. The number of rotatable bonds is 6. The molecule has 0 amide bonds. The van der Waals surface area contributed by atoms with Crippen LogP contribution in [0.25, 0.3) is 0 Å². The summed E-state index contributed by atoms with van der Waals surface area (Å²) in [5.41, 5.74) is 0.584. The summed E-state index contributed by atoms with van der Waals surface area (Å²) in [4.78, 5) is 2.09. The Hall–Kier alpha value is -1.11. The predicted molar refractivity (Wildman–Crippen MR) is 71.8 cm³/mol. The van der Waals surface area contributed by atoms with Gasteiger partial charge in [-0.2, -0.15) is 5.26 Å². The van der Waals surface area contributed by atoms with Gasteiger partial charge in [-0.1, -0.05) is 37.6 Å². The molecule has 1 aromatic carbocycles. The van der Waals surface area contributed by atoms with E-state index in [0.717, 1.165) is 6.54 Å². The monoisotopic (exact) mass is 268 g/mol. The molecule has 4 heteroatoms. The van der Waals surface area contributed by atoms with Gasteiger partial charge in [-0.3, -0.25) is 4.90 Å². The number of hydrogen-bond donors (Lipinski definition) is 0. The zero-order chi connectivity index (χ0) is 13.5. The molecule has 0 fully saturated rings. The minimum absolute atomic E-state index is 0.150. The van der Waals surface area contributed by atoms with Gasteiger partial charge in [0, 0.05) is 31.6 Å². The summed E-state index contributed by atoms with van der Waals surface area (Å²) >= 11 is 5.76. The summed E-state index contributed by atoms with van der Waals surface area (Å²) in [5.74, 6) is 0.121. The maximum absolute atomic E-state index is 13.8. The Bertz CT molecular complexity index is 426. The minimum Gasteiger partial charge on any atom is -0.298 e. The van der Waals surface area contributed by atoms with Gasteiger partial charge in [0.15, 0.2) is 0 Å². The van der Waals surface area contributed by atoms with E-state index >= 15 is 0 Å². The lowest BCUT2D eigenvalue weighted by molar-refractivity contribution is 0.238. The van der Waals surface area contributed by atoms with Crippen molar-refractivity contribution in [1.29, 1.82) is 5.26 Å². The highest BCUT2D eigenvalue weighted by Crippen LogP contribution is 2.19. The highest BCUT2D eigenvalue weighted by Gasteiger charge is 2.12. The van der Waals surface area contributed by atoms with E-state index in [4.69, 9.17) is 16.9 Å². The van der Waals surface area contributed by atoms with Gasteiger partial charge in [0.2, 0.25) is 0 Å². The highest BCUT2D eigenvalue weighted by atomic mass is 35.5. The number of nitriles is 1. The third kappa shape index (κ3) is 4.64. The molecule has 0 unspecified atom stereocenters. The first-order chi connectivity index (χ1) is 8.54. The van der Waals surface area contributed by atoms with Gasteiger partial charge in [0.1, 0.15) is 5.82 Å². The Kier molecular flexibility index (Phi) is 6.11. The van der Waals surface area contributed by atoms with E-state index in [1.54, 1.807) is 18.2 Å². The first-order valence-electron chi connectivity index (χ1n) is 6.06. The van der Waals surface area contributed by atoms with E-state index in [0.29, 0.717) is 31.0 Å². The Morgan fingerprint density at radius 3 is 2.78 bits per heavy atom. The van der Waals surface area contributed by atoms with Crippen molar-refractivity contribution in [1.82, 2.24) is 4.90 Å². The van der Waals surface area contributed by atoms with Gasteiger partial charge in [-0.05, 0) is 12.0 Å². The zero-order valence-corrected chi connectivity index (χ0v) is 11.5. The lowest BCUT2D eigenvalue weighted by Crippen LogP contribution is -2.28. The van der Waals surface area contributed by atoms with Crippen LogP contribution in [-0.4, -0.2) is 18.0 Å². The first kappa shape index (κ1) is 14.9. The molecular formula is C14H18ClFN2. The van der Waals surface area contributed by atoms with Crippen LogP contribution in [0.3, 0.4) is 0 Å². The second-order valence-electron chi connectivity index (χ2n) is 4.75. The number of hydrogen-bond acceptors (Lipinski definition) is 2. The summed E-state index contributed by atoms with van der Waals surface area (Å²) in [6, 6.07) is 7.15. The molecule has 0 spiro atoms. The van der Waals surface area contributed by atoms with Crippen LogP contribution in [0, 0.1) is 23.1 Å². The maximum atomic E-state index is 13.8. The van der Waals surface area contributed by atoms with Crippen LogP contribution in [0.5, 0.6) is 0 Å². The number of halogens is 2. The highest BCUT2D eigenvalue weighted by molar-refractivity contribution is 6.30. The van der Waals surface area contributed by atoms with E-state index < -0.39 is 0 Å². The SMILES string of the molecule is CC(C)CN(CCC#N)Cc1cccc(Cl)c1F. The fourth-order valence-electron chi connectivity index (χ4n) is 1.87. The molecular weight excluding hydrogens is 251 g/mol. The second-order valence-corrected chi connectivity index (χ2v) is 5.16. The quantitative estimate of drug-likeness (QED) is 0.784. The van der Waals surface area contributed by atoms with Gasteiger partial charge in [0.05, 0.1) is 11.1 Å². The Morgan fingerprint density at radius 1 is 1.44 bits per heavy atom. The van der Waals surface area contributed by atoms with Gasteiger partial charge < -0.3 is 0 Å². The van der Waals surface area contributed by atoms with Crippen LogP contribution < -0.4 is 0 Å². The first-order valence-corrected chi connectivity index (χ1v) is 6.44. The van der Waals surface area contributed by atoms with Gasteiger partial charge in [-0.15, -0.1) is 0 Å². The summed E-state index contributed by atoms with van der Waals surface area (Å²) in [7, 11) is 0. The summed E-state index contributed by atoms with van der Waals surface area (Å²) in [5, 5.41) is 8.79. The molecule has 0 radical (unpaired) electrons. The Labute approximate surface area is 113 Å². The molecule has 2 nitrogen and oxygen atoms in total. The molecule has 1 rings (SSSR count). The molecule has 0 heterocycles. The third-order valence-electron chi connectivity index (χ3n) is 2.59. The van der Waals surface area contributed by atoms with E-state index in [1.165, 1.54) is 0 Å². The third-order valence-corrected chi connectivity index (χ3v) is 2.88. The second kappa shape index (κ2) is 7.35. The van der Waals surface area contributed by atoms with E-state index in [-0.39, 0.29) is 10.8 Å².